The van der Waals surface area contributed by atoms with Gasteiger partial charge in [-0.3, -0.25) is 0 Å². The highest BCUT2D eigenvalue weighted by Crippen LogP contribution is 2.36. The summed E-state index contributed by atoms with van der Waals surface area (Å²) in [6.45, 7) is 63.0. The predicted molar refractivity (Wildman–Crippen MR) is 490 cm³/mol. The third-order valence-electron chi connectivity index (χ3n) is 22.0. The maximum absolute atomic E-state index is 2.35. The first-order valence-electron chi connectivity index (χ1n) is 39.2. The Balaban J connectivity index is 0.000000229. The van der Waals surface area contributed by atoms with Crippen molar-refractivity contribution in [2.24, 2.45) is 0 Å². The third-order valence-corrected chi connectivity index (χ3v) is 22.0. The molecule has 0 radical (unpaired) electrons. The van der Waals surface area contributed by atoms with Gasteiger partial charge in [0.05, 0.1) is 0 Å². The third kappa shape index (κ3) is 28.1. The smallest absolute Gasteiger partial charge is 0.0146 e. The van der Waals surface area contributed by atoms with Crippen molar-refractivity contribution < 1.29 is 0 Å². The number of benzene rings is 13. The molecule has 0 heteroatoms. The standard InChI is InChI=1S/C21H28.C18H22.C16H18.C15H16.C14H14.C9H12.2C8H10.CH4/c1-13-9-19(10-14(2)17(13)5)21(7,8)20-11-15(3)18(6)16(4)12-20;1-11-7-17(8-12(2)15(11)5)18-9-13(3)16(6)14(4)10-18;1-11-5-7-15(9-13(11)3)16-8-6-12(2)14(4)10-16;1-12-3-7-14(8-4-12)11-15-9-5-13(2)6-10-15;1-11-3-7-13(8-4-11)14-9-5-12(2)6-10-14;1-7-4-5-8(2)9(3)6-7;1-7-3-5-8(2)6-4-7;1-7-4-3-5-8(2)6-7;/h9-12H,1-8H3;7-10H,1-6H3;5-10H,1-4H3;3-10H,11H2,1-2H3;3-10H,1-2H3;4-6H,1-3H3;2*3-6H,1-2H3;1H4. The second kappa shape index (κ2) is 42.7. The van der Waals surface area contributed by atoms with Crippen molar-refractivity contribution in [3.8, 4) is 33.4 Å². The molecule has 0 fully saturated rings. The number of hydrogen-bond donors (Lipinski definition) is 0. The Morgan fingerprint density at radius 1 is 0.173 bits per heavy atom. The van der Waals surface area contributed by atoms with Gasteiger partial charge in [-0.05, 0) is 349 Å². The SMILES string of the molecule is C.Cc1cc(-c2cc(C)c(C)c(C)c2)cc(C)c1C.Cc1cc(C(C)(C)c2cc(C)c(C)c(C)c2)cc(C)c1C.Cc1ccc(-c2ccc(C)c(C)c2)cc1C.Cc1ccc(-c2ccc(C)cc2)cc1.Cc1ccc(C)c(C)c1.Cc1ccc(C)cc1.Cc1ccc(Cc2ccc(C)cc2)cc1.Cc1cccc(C)c1. The Morgan fingerprint density at radius 2 is 0.382 bits per heavy atom. The summed E-state index contributed by atoms with van der Waals surface area (Å²) < 4.78 is 0. The average Bonchev–Trinajstić information content (AvgIpc) is 0.782. The van der Waals surface area contributed by atoms with Crippen LogP contribution in [-0.4, -0.2) is 0 Å². The molecule has 0 unspecified atom stereocenters. The monoisotopic (exact) mass is 1460 g/mol. The highest BCUT2D eigenvalue weighted by Gasteiger charge is 2.25. The zero-order chi connectivity index (χ0) is 80.6. The molecule has 0 amide bonds. The lowest BCUT2D eigenvalue weighted by molar-refractivity contribution is 0.637. The van der Waals surface area contributed by atoms with E-state index in [1.165, 1.54) is 206 Å². The summed E-state index contributed by atoms with van der Waals surface area (Å²) in [6.07, 6.45) is 1.03. The van der Waals surface area contributed by atoms with Gasteiger partial charge >= 0.3 is 0 Å². The van der Waals surface area contributed by atoms with E-state index in [-0.39, 0.29) is 12.8 Å². The lowest BCUT2D eigenvalue weighted by Crippen LogP contribution is -2.20. The van der Waals surface area contributed by atoms with E-state index in [0.29, 0.717) is 0 Å². The molecule has 0 aromatic heterocycles. The summed E-state index contributed by atoms with van der Waals surface area (Å²) in [5.41, 5.74) is 50.3. The Hall–Kier alpha value is -10.1. The zero-order valence-electron chi connectivity index (χ0n) is 72.4. The van der Waals surface area contributed by atoms with E-state index in [1.807, 2.05) is 0 Å². The van der Waals surface area contributed by atoms with Crippen LogP contribution in [0.25, 0.3) is 33.4 Å². The van der Waals surface area contributed by atoms with Gasteiger partial charge in [-0.15, -0.1) is 0 Å². The van der Waals surface area contributed by atoms with Crippen molar-refractivity contribution in [3.63, 3.8) is 0 Å². The lowest BCUT2D eigenvalue weighted by Gasteiger charge is -2.29. The van der Waals surface area contributed by atoms with Crippen LogP contribution in [0, 0.1) is 187 Å². The number of aryl methyl sites for hydroxylation is 23. The molecule has 0 atom stereocenters. The molecule has 0 bridgehead atoms. The van der Waals surface area contributed by atoms with E-state index in [2.05, 4.69) is 450 Å². The van der Waals surface area contributed by atoms with Crippen molar-refractivity contribution in [1.82, 2.24) is 0 Å². The molecule has 574 valence electrons. The molecule has 0 aliphatic heterocycles. The fraction of sp³-hybridized carbons (Fsp3) is 0.291. The summed E-state index contributed by atoms with van der Waals surface area (Å²) in [5.74, 6) is 0. The highest BCUT2D eigenvalue weighted by molar-refractivity contribution is 5.69. The maximum Gasteiger partial charge on any atom is 0.0146 e. The Bertz CT molecular complexity index is 4680. The summed E-state index contributed by atoms with van der Waals surface area (Å²) in [5, 5.41) is 0. The summed E-state index contributed by atoms with van der Waals surface area (Å²) in [6, 6.07) is 90.1. The fourth-order valence-corrected chi connectivity index (χ4v) is 12.7. The van der Waals surface area contributed by atoms with Gasteiger partial charge in [0.25, 0.3) is 0 Å². The molecule has 13 aromatic rings. The molecule has 0 nitrogen and oxygen atoms in total. The van der Waals surface area contributed by atoms with Gasteiger partial charge < -0.3 is 0 Å². The molecular weight excluding hydrogens is 1320 g/mol. The van der Waals surface area contributed by atoms with Crippen molar-refractivity contribution >= 4 is 0 Å². The van der Waals surface area contributed by atoms with E-state index in [4.69, 9.17) is 0 Å². The van der Waals surface area contributed by atoms with Crippen molar-refractivity contribution in [2.45, 2.75) is 220 Å². The quantitative estimate of drug-likeness (QED) is 0.149. The minimum Gasteiger partial charge on any atom is -0.0776 e. The van der Waals surface area contributed by atoms with E-state index in [1.54, 1.807) is 0 Å². The lowest BCUT2D eigenvalue weighted by atomic mass is 9.75. The summed E-state index contributed by atoms with van der Waals surface area (Å²) in [4.78, 5) is 0. The van der Waals surface area contributed by atoms with Crippen LogP contribution >= 0.6 is 0 Å². The molecule has 13 rings (SSSR count). The normalized spacial score (nSPS) is 10.4. The molecule has 0 heterocycles. The van der Waals surface area contributed by atoms with Gasteiger partial charge in [0, 0.05) is 5.41 Å². The predicted octanol–water partition coefficient (Wildman–Crippen LogP) is 31.4. The zero-order valence-corrected chi connectivity index (χ0v) is 72.4. The van der Waals surface area contributed by atoms with Crippen LogP contribution in [-0.2, 0) is 11.8 Å². The minimum absolute atomic E-state index is 0. The van der Waals surface area contributed by atoms with Crippen molar-refractivity contribution in [2.75, 3.05) is 0 Å². The van der Waals surface area contributed by atoms with E-state index >= 15 is 0 Å². The Labute approximate surface area is 670 Å². The largest absolute Gasteiger partial charge is 0.0776 e. The second-order valence-corrected chi connectivity index (χ2v) is 31.9. The van der Waals surface area contributed by atoms with Gasteiger partial charge in [-0.25, -0.2) is 0 Å². The molecule has 0 spiro atoms. The van der Waals surface area contributed by atoms with Crippen LogP contribution in [0.1, 0.15) is 194 Å². The van der Waals surface area contributed by atoms with Crippen molar-refractivity contribution in [1.29, 1.82) is 0 Å². The van der Waals surface area contributed by atoms with Gasteiger partial charge in [0.2, 0.25) is 0 Å². The van der Waals surface area contributed by atoms with Crippen LogP contribution in [0.2, 0.25) is 0 Å². The fourth-order valence-electron chi connectivity index (χ4n) is 12.7. The Morgan fingerprint density at radius 3 is 0.627 bits per heavy atom. The second-order valence-electron chi connectivity index (χ2n) is 31.9. The van der Waals surface area contributed by atoms with Gasteiger partial charge in [0.1, 0.15) is 0 Å². The molecular formula is C110H134. The average molecular weight is 1460 g/mol. The molecule has 0 N–H and O–H groups in total. The summed E-state index contributed by atoms with van der Waals surface area (Å²) in [7, 11) is 0. The van der Waals surface area contributed by atoms with Crippen LogP contribution in [0.15, 0.2) is 249 Å². The van der Waals surface area contributed by atoms with Gasteiger partial charge in [0.15, 0.2) is 0 Å². The first-order valence-corrected chi connectivity index (χ1v) is 39.2. The Kier molecular flexibility index (Phi) is 35.1. The minimum atomic E-state index is 0. The molecule has 13 aromatic carbocycles. The van der Waals surface area contributed by atoms with Crippen LogP contribution < -0.4 is 0 Å². The highest BCUT2D eigenvalue weighted by atomic mass is 14.3. The molecule has 0 aliphatic carbocycles. The number of rotatable bonds is 7. The molecule has 0 saturated carbocycles. The first-order chi connectivity index (χ1) is 51.4. The molecule has 0 saturated heterocycles. The van der Waals surface area contributed by atoms with E-state index < -0.39 is 0 Å². The van der Waals surface area contributed by atoms with Crippen LogP contribution in [0.5, 0.6) is 0 Å². The van der Waals surface area contributed by atoms with Crippen LogP contribution in [0.4, 0.5) is 0 Å². The van der Waals surface area contributed by atoms with Crippen LogP contribution in [0.3, 0.4) is 0 Å². The first kappa shape index (κ1) is 90.5. The van der Waals surface area contributed by atoms with Crippen molar-refractivity contribution in [3.05, 3.63) is 421 Å². The van der Waals surface area contributed by atoms with E-state index in [9.17, 15) is 0 Å². The maximum atomic E-state index is 2.35. The molecule has 110 heavy (non-hydrogen) atoms. The van der Waals surface area contributed by atoms with Gasteiger partial charge in [-0.1, -0.05) is 320 Å². The summed E-state index contributed by atoms with van der Waals surface area (Å²) >= 11 is 0. The number of hydrogen-bond acceptors (Lipinski definition) is 0. The van der Waals surface area contributed by atoms with E-state index in [0.717, 1.165) is 6.42 Å². The molecule has 0 aliphatic rings. The topological polar surface area (TPSA) is 0 Å². The van der Waals surface area contributed by atoms with Gasteiger partial charge in [-0.2, -0.15) is 0 Å².